The van der Waals surface area contributed by atoms with Gasteiger partial charge in [-0.3, -0.25) is 0 Å². The van der Waals surface area contributed by atoms with E-state index in [4.69, 9.17) is 0 Å². The molecule has 88 valence electrons. The molecule has 1 aliphatic heterocycles. The average molecular weight is 301 g/mol. The molecule has 0 amide bonds. The van der Waals surface area contributed by atoms with Crippen molar-refractivity contribution in [3.8, 4) is 0 Å². The SMILES string of the molecule is Cc1nc(N2CCSC(C)(C)C2)ccc1Br. The fourth-order valence-corrected chi connectivity index (χ4v) is 3.25. The van der Waals surface area contributed by atoms with Gasteiger partial charge in [-0.25, -0.2) is 4.98 Å². The molecule has 0 unspecified atom stereocenters. The number of rotatable bonds is 1. The molecular formula is C12H17BrN2S. The first-order valence-electron chi connectivity index (χ1n) is 5.50. The first-order chi connectivity index (χ1) is 7.48. The van der Waals surface area contributed by atoms with Crippen LogP contribution in [0, 0.1) is 6.92 Å². The first kappa shape index (κ1) is 12.2. The fraction of sp³-hybridized carbons (Fsp3) is 0.583. The number of nitrogens with zero attached hydrogens (tertiary/aromatic N) is 2. The number of aromatic nitrogens is 1. The van der Waals surface area contributed by atoms with Crippen molar-refractivity contribution in [2.75, 3.05) is 23.7 Å². The van der Waals surface area contributed by atoms with Crippen LogP contribution in [0.5, 0.6) is 0 Å². The lowest BCUT2D eigenvalue weighted by molar-refractivity contribution is 0.641. The van der Waals surface area contributed by atoms with Gasteiger partial charge in [0, 0.05) is 28.1 Å². The molecule has 0 bridgehead atoms. The smallest absolute Gasteiger partial charge is 0.128 e. The maximum absolute atomic E-state index is 4.63. The standard InChI is InChI=1S/C12H17BrN2S/c1-9-10(13)4-5-11(14-9)15-6-7-16-12(2,3)8-15/h4-5H,6-8H2,1-3H3. The Morgan fingerprint density at radius 1 is 1.44 bits per heavy atom. The number of hydrogen-bond acceptors (Lipinski definition) is 3. The number of aryl methyl sites for hydroxylation is 1. The van der Waals surface area contributed by atoms with Gasteiger partial charge in [-0.1, -0.05) is 0 Å². The second-order valence-electron chi connectivity index (χ2n) is 4.77. The summed E-state index contributed by atoms with van der Waals surface area (Å²) in [5, 5.41) is 0. The zero-order valence-corrected chi connectivity index (χ0v) is 12.4. The van der Waals surface area contributed by atoms with Crippen molar-refractivity contribution < 1.29 is 0 Å². The van der Waals surface area contributed by atoms with Crippen LogP contribution < -0.4 is 4.90 Å². The highest BCUT2D eigenvalue weighted by atomic mass is 79.9. The third-order valence-electron chi connectivity index (χ3n) is 2.76. The highest BCUT2D eigenvalue weighted by Gasteiger charge is 2.27. The zero-order valence-electron chi connectivity index (χ0n) is 9.96. The highest BCUT2D eigenvalue weighted by Crippen LogP contribution is 2.32. The van der Waals surface area contributed by atoms with Crippen molar-refractivity contribution in [2.45, 2.75) is 25.5 Å². The van der Waals surface area contributed by atoms with E-state index in [1.807, 2.05) is 18.7 Å². The van der Waals surface area contributed by atoms with E-state index in [1.165, 1.54) is 5.75 Å². The lowest BCUT2D eigenvalue weighted by Crippen LogP contribution is -2.43. The van der Waals surface area contributed by atoms with Crippen LogP contribution in [0.25, 0.3) is 0 Å². The average Bonchev–Trinajstić information content (AvgIpc) is 2.20. The Kier molecular flexibility index (Phi) is 3.50. The summed E-state index contributed by atoms with van der Waals surface area (Å²) in [7, 11) is 0. The summed E-state index contributed by atoms with van der Waals surface area (Å²) in [5.74, 6) is 2.29. The van der Waals surface area contributed by atoms with Crippen molar-refractivity contribution in [1.29, 1.82) is 0 Å². The molecule has 0 saturated carbocycles. The van der Waals surface area contributed by atoms with E-state index in [0.29, 0.717) is 4.75 Å². The van der Waals surface area contributed by atoms with E-state index in [9.17, 15) is 0 Å². The molecule has 16 heavy (non-hydrogen) atoms. The van der Waals surface area contributed by atoms with Gasteiger partial charge in [0.05, 0.1) is 5.69 Å². The van der Waals surface area contributed by atoms with Crippen LogP contribution >= 0.6 is 27.7 Å². The minimum Gasteiger partial charge on any atom is -0.354 e. The van der Waals surface area contributed by atoms with Gasteiger partial charge in [-0.15, -0.1) is 0 Å². The van der Waals surface area contributed by atoms with Crippen molar-refractivity contribution in [3.05, 3.63) is 22.3 Å². The number of anilines is 1. The molecule has 1 aromatic heterocycles. The van der Waals surface area contributed by atoms with Gasteiger partial charge >= 0.3 is 0 Å². The van der Waals surface area contributed by atoms with Gasteiger partial charge in [0.1, 0.15) is 5.82 Å². The van der Waals surface area contributed by atoms with Crippen LogP contribution in [0.15, 0.2) is 16.6 Å². The summed E-state index contributed by atoms with van der Waals surface area (Å²) in [4.78, 5) is 7.02. The topological polar surface area (TPSA) is 16.1 Å². The molecule has 1 aromatic rings. The van der Waals surface area contributed by atoms with E-state index in [1.54, 1.807) is 0 Å². The molecule has 0 aliphatic carbocycles. The maximum Gasteiger partial charge on any atom is 0.128 e. The second-order valence-corrected chi connectivity index (χ2v) is 7.42. The van der Waals surface area contributed by atoms with E-state index in [-0.39, 0.29) is 0 Å². The van der Waals surface area contributed by atoms with Gasteiger partial charge in [-0.05, 0) is 48.8 Å². The Morgan fingerprint density at radius 2 is 2.19 bits per heavy atom. The number of hydrogen-bond donors (Lipinski definition) is 0. The van der Waals surface area contributed by atoms with Gasteiger partial charge in [0.15, 0.2) is 0 Å². The zero-order chi connectivity index (χ0) is 11.8. The van der Waals surface area contributed by atoms with Crippen molar-refractivity contribution in [2.24, 2.45) is 0 Å². The molecule has 4 heteroatoms. The van der Waals surface area contributed by atoms with Gasteiger partial charge < -0.3 is 4.90 Å². The minimum atomic E-state index is 0.334. The quantitative estimate of drug-likeness (QED) is 0.790. The van der Waals surface area contributed by atoms with E-state index >= 15 is 0 Å². The molecule has 0 spiro atoms. The monoisotopic (exact) mass is 300 g/mol. The molecule has 2 heterocycles. The Labute approximate surface area is 110 Å². The number of halogens is 1. The third-order valence-corrected chi connectivity index (χ3v) is 4.89. The van der Waals surface area contributed by atoms with Crippen LogP contribution in [0.3, 0.4) is 0 Å². The maximum atomic E-state index is 4.63. The van der Waals surface area contributed by atoms with Gasteiger partial charge in [0.2, 0.25) is 0 Å². The Bertz CT molecular complexity index is 393. The largest absolute Gasteiger partial charge is 0.354 e. The van der Waals surface area contributed by atoms with Crippen LogP contribution in [0.1, 0.15) is 19.5 Å². The van der Waals surface area contributed by atoms with Crippen molar-refractivity contribution in [1.82, 2.24) is 4.98 Å². The van der Waals surface area contributed by atoms with Crippen LogP contribution in [-0.4, -0.2) is 28.6 Å². The number of thioether (sulfide) groups is 1. The molecule has 2 nitrogen and oxygen atoms in total. The Balaban J connectivity index is 2.20. The van der Waals surface area contributed by atoms with E-state index < -0.39 is 0 Å². The van der Waals surface area contributed by atoms with Crippen LogP contribution in [0.2, 0.25) is 0 Å². The van der Waals surface area contributed by atoms with Gasteiger partial charge in [-0.2, -0.15) is 11.8 Å². The predicted octanol–water partition coefficient (Wildman–Crippen LogP) is 3.48. The summed E-state index contributed by atoms with van der Waals surface area (Å²) in [6.45, 7) is 8.82. The molecule has 0 N–H and O–H groups in total. The molecule has 1 aliphatic rings. The number of pyridine rings is 1. The first-order valence-corrected chi connectivity index (χ1v) is 7.28. The summed E-state index contributed by atoms with van der Waals surface area (Å²) < 4.78 is 1.42. The predicted molar refractivity (Wildman–Crippen MR) is 75.4 cm³/mol. The van der Waals surface area contributed by atoms with E-state index in [2.05, 4.69) is 51.8 Å². The lowest BCUT2D eigenvalue weighted by Gasteiger charge is -2.38. The Hall–Kier alpha value is -0.220. The second kappa shape index (κ2) is 4.57. The van der Waals surface area contributed by atoms with Crippen molar-refractivity contribution in [3.63, 3.8) is 0 Å². The Morgan fingerprint density at radius 3 is 2.81 bits per heavy atom. The minimum absolute atomic E-state index is 0.334. The molecule has 0 radical (unpaired) electrons. The van der Waals surface area contributed by atoms with Crippen LogP contribution in [-0.2, 0) is 0 Å². The van der Waals surface area contributed by atoms with Crippen molar-refractivity contribution >= 4 is 33.5 Å². The summed E-state index contributed by atoms with van der Waals surface area (Å²) in [5.41, 5.74) is 1.06. The summed E-state index contributed by atoms with van der Waals surface area (Å²) in [6.07, 6.45) is 0. The summed E-state index contributed by atoms with van der Waals surface area (Å²) >= 11 is 5.54. The van der Waals surface area contributed by atoms with E-state index in [0.717, 1.165) is 29.1 Å². The summed E-state index contributed by atoms with van der Waals surface area (Å²) in [6, 6.07) is 4.19. The molecular weight excluding hydrogens is 284 g/mol. The van der Waals surface area contributed by atoms with Crippen LogP contribution in [0.4, 0.5) is 5.82 Å². The molecule has 0 aromatic carbocycles. The molecule has 2 rings (SSSR count). The third kappa shape index (κ3) is 2.72. The molecule has 0 atom stereocenters. The van der Waals surface area contributed by atoms with Gasteiger partial charge in [0.25, 0.3) is 0 Å². The normalized spacial score (nSPS) is 19.9. The molecule has 1 saturated heterocycles. The molecule has 1 fully saturated rings. The lowest BCUT2D eigenvalue weighted by atomic mass is 10.2. The highest BCUT2D eigenvalue weighted by molar-refractivity contribution is 9.10. The fourth-order valence-electron chi connectivity index (χ4n) is 1.92.